The number of rotatable bonds is 5. The Morgan fingerprint density at radius 3 is 2.46 bits per heavy atom. The highest BCUT2D eigenvalue weighted by Crippen LogP contribution is 2.47. The van der Waals surface area contributed by atoms with Gasteiger partial charge in [-0.1, -0.05) is 36.8 Å². The largest absolute Gasteiger partial charge is 0.354 e. The van der Waals surface area contributed by atoms with E-state index in [0.29, 0.717) is 11.5 Å². The summed E-state index contributed by atoms with van der Waals surface area (Å²) in [5.74, 6) is 1.06. The Hall–Kier alpha value is -0.820. The molecule has 1 unspecified atom stereocenters. The molecule has 1 saturated heterocycles. The molecule has 1 aromatic carbocycles. The van der Waals surface area contributed by atoms with Gasteiger partial charge in [0.25, 0.3) is 0 Å². The lowest BCUT2D eigenvalue weighted by Gasteiger charge is -2.38. The number of likely N-dealkylation sites (tertiary alicyclic amines) is 1. The molecule has 4 nitrogen and oxygen atoms in total. The average Bonchev–Trinajstić information content (AvgIpc) is 3.02. The number of aliphatic imine (C=N–C) groups is 1. The molecule has 1 saturated carbocycles. The lowest BCUT2D eigenvalue weighted by Crippen LogP contribution is -2.52. The molecule has 26 heavy (non-hydrogen) atoms. The number of guanidine groups is 1. The maximum Gasteiger partial charge on any atom is 0.193 e. The molecule has 2 fully saturated rings. The first-order valence-electron chi connectivity index (χ1n) is 9.71. The van der Waals surface area contributed by atoms with Gasteiger partial charge in [-0.2, -0.15) is 0 Å². The molecule has 0 radical (unpaired) electrons. The maximum absolute atomic E-state index is 4.54. The molecule has 0 bridgehead atoms. The van der Waals surface area contributed by atoms with Crippen molar-refractivity contribution in [3.05, 3.63) is 35.9 Å². The third kappa shape index (κ3) is 5.12. The molecule has 1 heterocycles. The number of nitrogens with zero attached hydrogens (tertiary/aromatic N) is 2. The average molecular weight is 470 g/mol. The van der Waals surface area contributed by atoms with E-state index in [2.05, 4.69) is 71.6 Å². The first-order valence-corrected chi connectivity index (χ1v) is 9.71. The molecule has 1 aromatic rings. The third-order valence-corrected chi connectivity index (χ3v) is 5.96. The van der Waals surface area contributed by atoms with Crippen LogP contribution >= 0.6 is 24.0 Å². The van der Waals surface area contributed by atoms with Gasteiger partial charge in [-0.25, -0.2) is 0 Å². The summed E-state index contributed by atoms with van der Waals surface area (Å²) in [6.45, 7) is 9.93. The van der Waals surface area contributed by atoms with E-state index in [0.717, 1.165) is 19.0 Å². The molecule has 3 rings (SSSR count). The summed E-state index contributed by atoms with van der Waals surface area (Å²) in [7, 11) is 1.90. The van der Waals surface area contributed by atoms with E-state index >= 15 is 0 Å². The van der Waals surface area contributed by atoms with Crippen molar-refractivity contribution in [2.75, 3.05) is 26.7 Å². The third-order valence-electron chi connectivity index (χ3n) is 5.96. The predicted octanol–water partition coefficient (Wildman–Crippen LogP) is 4.19. The van der Waals surface area contributed by atoms with Gasteiger partial charge < -0.3 is 15.5 Å². The topological polar surface area (TPSA) is 39.7 Å². The van der Waals surface area contributed by atoms with Gasteiger partial charge >= 0.3 is 0 Å². The lowest BCUT2D eigenvalue weighted by atomic mass is 9.68. The minimum absolute atomic E-state index is 0. The van der Waals surface area contributed by atoms with E-state index in [9.17, 15) is 0 Å². The maximum atomic E-state index is 4.54. The first-order chi connectivity index (χ1) is 11.9. The van der Waals surface area contributed by atoms with Crippen molar-refractivity contribution in [2.45, 2.75) is 58.0 Å². The number of halogens is 1. The second-order valence-corrected chi connectivity index (χ2v) is 8.59. The Bertz CT molecular complexity index is 595. The molecule has 1 atom stereocenters. The Kier molecular flexibility index (Phi) is 7.36. The van der Waals surface area contributed by atoms with Crippen LogP contribution < -0.4 is 10.6 Å². The predicted molar refractivity (Wildman–Crippen MR) is 121 cm³/mol. The minimum atomic E-state index is -0.0148. The Morgan fingerprint density at radius 1 is 1.23 bits per heavy atom. The van der Waals surface area contributed by atoms with Crippen molar-refractivity contribution in [3.63, 3.8) is 0 Å². The number of hydrogen-bond donors (Lipinski definition) is 2. The quantitative estimate of drug-likeness (QED) is 0.385. The zero-order valence-electron chi connectivity index (χ0n) is 16.7. The van der Waals surface area contributed by atoms with Gasteiger partial charge in [0.1, 0.15) is 0 Å². The zero-order chi connectivity index (χ0) is 17.9. The molecule has 1 aliphatic heterocycles. The van der Waals surface area contributed by atoms with Crippen LogP contribution in [0.3, 0.4) is 0 Å². The van der Waals surface area contributed by atoms with Gasteiger partial charge in [0.05, 0.1) is 0 Å². The van der Waals surface area contributed by atoms with Gasteiger partial charge in [0.15, 0.2) is 5.96 Å². The molecule has 1 spiro atoms. The van der Waals surface area contributed by atoms with Crippen molar-refractivity contribution in [1.29, 1.82) is 0 Å². The molecular weight excluding hydrogens is 435 g/mol. The molecule has 146 valence electrons. The second kappa shape index (κ2) is 8.91. The van der Waals surface area contributed by atoms with Crippen LogP contribution in [-0.4, -0.2) is 43.1 Å². The molecule has 5 heteroatoms. The van der Waals surface area contributed by atoms with E-state index in [1.54, 1.807) is 0 Å². The zero-order valence-corrected chi connectivity index (χ0v) is 19.0. The van der Waals surface area contributed by atoms with E-state index < -0.39 is 0 Å². The van der Waals surface area contributed by atoms with E-state index in [1.165, 1.54) is 37.8 Å². The number of hydrogen-bond acceptors (Lipinski definition) is 2. The molecule has 0 aromatic heterocycles. The van der Waals surface area contributed by atoms with Gasteiger partial charge in [-0.05, 0) is 51.0 Å². The van der Waals surface area contributed by atoms with E-state index in [1.807, 2.05) is 7.05 Å². The fraction of sp³-hybridized carbons (Fsp3) is 0.667. The fourth-order valence-corrected chi connectivity index (χ4v) is 4.30. The van der Waals surface area contributed by atoms with Crippen molar-refractivity contribution in [2.24, 2.45) is 10.4 Å². The molecule has 2 N–H and O–H groups in total. The number of benzene rings is 1. The van der Waals surface area contributed by atoms with Crippen LogP contribution in [0, 0.1) is 5.41 Å². The lowest BCUT2D eigenvalue weighted by molar-refractivity contribution is 0.151. The van der Waals surface area contributed by atoms with Crippen molar-refractivity contribution in [3.8, 4) is 0 Å². The van der Waals surface area contributed by atoms with Gasteiger partial charge in [0.2, 0.25) is 0 Å². The van der Waals surface area contributed by atoms with Crippen LogP contribution in [0.25, 0.3) is 0 Å². The first kappa shape index (κ1) is 21.5. The fourth-order valence-electron chi connectivity index (χ4n) is 4.30. The second-order valence-electron chi connectivity index (χ2n) is 8.59. The monoisotopic (exact) mass is 470 g/mol. The van der Waals surface area contributed by atoms with E-state index in [4.69, 9.17) is 0 Å². The summed E-state index contributed by atoms with van der Waals surface area (Å²) >= 11 is 0. The minimum Gasteiger partial charge on any atom is -0.354 e. The van der Waals surface area contributed by atoms with Crippen LogP contribution in [0.4, 0.5) is 0 Å². The van der Waals surface area contributed by atoms with Crippen LogP contribution in [0.15, 0.2) is 35.3 Å². The Balaban J connectivity index is 0.00000243. The smallest absolute Gasteiger partial charge is 0.193 e. The van der Waals surface area contributed by atoms with Crippen LogP contribution in [0.2, 0.25) is 0 Å². The molecule has 1 aliphatic carbocycles. The summed E-state index contributed by atoms with van der Waals surface area (Å²) in [5, 5.41) is 7.35. The summed E-state index contributed by atoms with van der Waals surface area (Å²) in [4.78, 5) is 6.99. The summed E-state index contributed by atoms with van der Waals surface area (Å²) in [6, 6.07) is 11.0. The summed E-state index contributed by atoms with van der Waals surface area (Å²) in [6.07, 6.45) is 5.55. The SMILES string of the molecule is CN=C(NCC(C)(C)NC(C)c1ccccc1)N1CCC2(CCC2)C1.I. The van der Waals surface area contributed by atoms with Crippen molar-refractivity contribution >= 4 is 29.9 Å². The van der Waals surface area contributed by atoms with Gasteiger partial charge in [-0.3, -0.25) is 4.99 Å². The van der Waals surface area contributed by atoms with Gasteiger partial charge in [-0.15, -0.1) is 24.0 Å². The molecule has 0 amide bonds. The van der Waals surface area contributed by atoms with Crippen molar-refractivity contribution < 1.29 is 0 Å². The highest BCUT2D eigenvalue weighted by molar-refractivity contribution is 14.0. The van der Waals surface area contributed by atoms with Gasteiger partial charge in [0, 0.05) is 38.3 Å². The number of nitrogens with one attached hydrogen (secondary N) is 2. The molecular formula is C21H35IN4. The summed E-state index contributed by atoms with van der Waals surface area (Å²) < 4.78 is 0. The highest BCUT2D eigenvalue weighted by atomic mass is 127. The molecule has 2 aliphatic rings. The van der Waals surface area contributed by atoms with Crippen LogP contribution in [-0.2, 0) is 0 Å². The standard InChI is InChI=1S/C21H34N4.HI/c1-17(18-9-6-5-7-10-18)24-20(2,3)15-23-19(22-4)25-14-13-21(16-25)11-8-12-21;/h5-7,9-10,17,24H,8,11-16H2,1-4H3,(H,22,23);1H. The highest BCUT2D eigenvalue weighted by Gasteiger charge is 2.43. The Morgan fingerprint density at radius 2 is 1.92 bits per heavy atom. The summed E-state index contributed by atoms with van der Waals surface area (Å²) in [5.41, 5.74) is 1.91. The van der Waals surface area contributed by atoms with E-state index in [-0.39, 0.29) is 29.5 Å². The van der Waals surface area contributed by atoms with Crippen molar-refractivity contribution in [1.82, 2.24) is 15.5 Å². The van der Waals surface area contributed by atoms with Crippen LogP contribution in [0.5, 0.6) is 0 Å². The van der Waals surface area contributed by atoms with Crippen LogP contribution in [0.1, 0.15) is 58.1 Å². The normalized spacial score (nSPS) is 20.5. The Labute approximate surface area is 176 Å².